The van der Waals surface area contributed by atoms with Crippen LogP contribution in [0.15, 0.2) is 133 Å². The van der Waals surface area contributed by atoms with Gasteiger partial charge in [0.15, 0.2) is 0 Å². The lowest BCUT2D eigenvalue weighted by atomic mass is 9.76. The Bertz CT molecular complexity index is 1720. The van der Waals surface area contributed by atoms with E-state index in [9.17, 15) is 14.7 Å². The number of aliphatic carboxylic acids is 1. The number of fused-ring (bicyclic) bond motifs is 3. The maximum Gasteiger partial charge on any atom is 0.407 e. The van der Waals surface area contributed by atoms with Crippen LogP contribution < -0.4 is 10.6 Å². The van der Waals surface area contributed by atoms with E-state index < -0.39 is 23.6 Å². The summed E-state index contributed by atoms with van der Waals surface area (Å²) in [5.74, 6) is -1.04. The molecule has 1 atom stereocenters. The van der Waals surface area contributed by atoms with Crippen molar-refractivity contribution in [1.29, 1.82) is 0 Å². The Labute approximate surface area is 276 Å². The standard InChI is InChI=1S/C41H40N2O4/c1-29-22-24-32(25-23-29)41(30-13-4-2-5-14-30,31-15-6-3-7-16-31)42-26-12-17-33(27-39(44)45)43-40(46)47-28-38-36-20-10-8-18-34(36)35-19-9-11-21-37(35)38/h2-11,13-16,18-25,33,38,42H,12,17,26-28H2,1H3,(H,43,46)(H,44,45)/t33-/m0/s1. The summed E-state index contributed by atoms with van der Waals surface area (Å²) in [4.78, 5) is 24.8. The Morgan fingerprint density at radius 3 is 1.79 bits per heavy atom. The molecule has 1 aliphatic carbocycles. The van der Waals surface area contributed by atoms with Gasteiger partial charge in [0.25, 0.3) is 0 Å². The van der Waals surface area contributed by atoms with Gasteiger partial charge in [-0.25, -0.2) is 4.79 Å². The van der Waals surface area contributed by atoms with E-state index in [2.05, 4.69) is 90.4 Å². The van der Waals surface area contributed by atoms with E-state index in [-0.39, 0.29) is 18.9 Å². The molecule has 6 rings (SSSR count). The first-order valence-electron chi connectivity index (χ1n) is 16.2. The van der Waals surface area contributed by atoms with Gasteiger partial charge in [-0.05, 0) is 65.3 Å². The first kappa shape index (κ1) is 31.8. The number of hydrogen-bond donors (Lipinski definition) is 3. The lowest BCUT2D eigenvalue weighted by molar-refractivity contribution is -0.137. The zero-order valence-electron chi connectivity index (χ0n) is 26.6. The van der Waals surface area contributed by atoms with Crippen LogP contribution in [0.2, 0.25) is 0 Å². The fourth-order valence-electron chi connectivity index (χ4n) is 6.85. The summed E-state index contributed by atoms with van der Waals surface area (Å²) < 4.78 is 5.74. The highest BCUT2D eigenvalue weighted by Crippen LogP contribution is 2.44. The van der Waals surface area contributed by atoms with Crippen molar-refractivity contribution < 1.29 is 19.4 Å². The molecular formula is C41H40N2O4. The highest BCUT2D eigenvalue weighted by molar-refractivity contribution is 5.79. The van der Waals surface area contributed by atoms with Gasteiger partial charge >= 0.3 is 12.1 Å². The van der Waals surface area contributed by atoms with Gasteiger partial charge in [-0.15, -0.1) is 0 Å². The second-order valence-corrected chi connectivity index (χ2v) is 12.2. The number of rotatable bonds is 13. The number of carboxylic acids is 1. The van der Waals surface area contributed by atoms with Gasteiger partial charge < -0.3 is 15.2 Å². The Hall–Kier alpha value is -5.20. The highest BCUT2D eigenvalue weighted by atomic mass is 16.5. The normalized spacial score (nSPS) is 13.0. The minimum atomic E-state index is -0.968. The first-order chi connectivity index (χ1) is 23.0. The molecular weight excluding hydrogens is 584 g/mol. The molecule has 0 aromatic heterocycles. The number of carboxylic acid groups (broad SMARTS) is 1. The molecule has 0 unspecified atom stereocenters. The topological polar surface area (TPSA) is 87.7 Å². The van der Waals surface area contributed by atoms with Crippen molar-refractivity contribution in [2.45, 2.75) is 43.7 Å². The number of hydrogen-bond acceptors (Lipinski definition) is 4. The Morgan fingerprint density at radius 1 is 0.723 bits per heavy atom. The maximum atomic E-state index is 13.0. The van der Waals surface area contributed by atoms with Crippen LogP contribution in [0, 0.1) is 6.92 Å². The number of aryl methyl sites for hydroxylation is 1. The molecule has 0 saturated heterocycles. The molecule has 0 spiro atoms. The summed E-state index contributed by atoms with van der Waals surface area (Å²) in [5, 5.41) is 16.4. The summed E-state index contributed by atoms with van der Waals surface area (Å²) in [7, 11) is 0. The van der Waals surface area contributed by atoms with Crippen LogP contribution in [0.5, 0.6) is 0 Å². The molecule has 5 aromatic carbocycles. The van der Waals surface area contributed by atoms with Crippen molar-refractivity contribution >= 4 is 12.1 Å². The number of benzene rings is 5. The van der Waals surface area contributed by atoms with E-state index >= 15 is 0 Å². The summed E-state index contributed by atoms with van der Waals surface area (Å²) in [6, 6.07) is 45.1. The lowest BCUT2D eigenvalue weighted by Crippen LogP contribution is -2.45. The van der Waals surface area contributed by atoms with Crippen LogP contribution in [-0.2, 0) is 15.1 Å². The van der Waals surface area contributed by atoms with E-state index in [1.165, 1.54) is 5.56 Å². The number of carbonyl (C=O) groups is 2. The molecule has 5 aromatic rings. The van der Waals surface area contributed by atoms with Gasteiger partial charge in [0.2, 0.25) is 0 Å². The second kappa shape index (κ2) is 14.5. The minimum absolute atomic E-state index is 0.0684. The predicted octanol–water partition coefficient (Wildman–Crippen LogP) is 8.04. The number of carbonyl (C=O) groups excluding carboxylic acids is 1. The molecule has 238 valence electrons. The zero-order valence-corrected chi connectivity index (χ0v) is 26.6. The summed E-state index contributed by atoms with van der Waals surface area (Å²) >= 11 is 0. The summed E-state index contributed by atoms with van der Waals surface area (Å²) in [6.07, 6.45) is 0.310. The molecule has 3 N–H and O–H groups in total. The number of alkyl carbamates (subject to hydrolysis) is 1. The third kappa shape index (κ3) is 6.98. The molecule has 1 amide bonds. The van der Waals surface area contributed by atoms with Gasteiger partial charge in [-0.1, -0.05) is 139 Å². The molecule has 0 radical (unpaired) electrons. The molecule has 0 saturated carbocycles. The smallest absolute Gasteiger partial charge is 0.407 e. The van der Waals surface area contributed by atoms with Gasteiger partial charge in [0.1, 0.15) is 6.61 Å². The van der Waals surface area contributed by atoms with E-state index in [1.54, 1.807) is 0 Å². The van der Waals surface area contributed by atoms with Crippen molar-refractivity contribution in [2.24, 2.45) is 0 Å². The lowest BCUT2D eigenvalue weighted by Gasteiger charge is -2.37. The fraction of sp³-hybridized carbons (Fsp3) is 0.220. The SMILES string of the molecule is Cc1ccc(C(NCCC[C@@H](CC(=O)O)NC(=O)OCC2c3ccccc3-c3ccccc32)(c2ccccc2)c2ccccc2)cc1. The molecule has 6 nitrogen and oxygen atoms in total. The molecule has 0 fully saturated rings. The zero-order chi connectivity index (χ0) is 32.6. The highest BCUT2D eigenvalue weighted by Gasteiger charge is 2.36. The van der Waals surface area contributed by atoms with Crippen molar-refractivity contribution in [2.75, 3.05) is 13.2 Å². The second-order valence-electron chi connectivity index (χ2n) is 12.2. The monoisotopic (exact) mass is 624 g/mol. The van der Waals surface area contributed by atoms with Gasteiger partial charge in [-0.3, -0.25) is 10.1 Å². The number of nitrogens with one attached hydrogen (secondary N) is 2. The predicted molar refractivity (Wildman–Crippen MR) is 185 cm³/mol. The summed E-state index contributed by atoms with van der Waals surface area (Å²) in [6.45, 7) is 2.84. The van der Waals surface area contributed by atoms with Crippen molar-refractivity contribution in [1.82, 2.24) is 10.6 Å². The number of amides is 1. The molecule has 47 heavy (non-hydrogen) atoms. The third-order valence-electron chi connectivity index (χ3n) is 9.10. The fourth-order valence-corrected chi connectivity index (χ4v) is 6.85. The van der Waals surface area contributed by atoms with Gasteiger partial charge in [0.05, 0.1) is 12.0 Å². The van der Waals surface area contributed by atoms with Crippen LogP contribution in [0.25, 0.3) is 11.1 Å². The van der Waals surface area contributed by atoms with Gasteiger partial charge in [0, 0.05) is 12.0 Å². The van der Waals surface area contributed by atoms with E-state index in [0.29, 0.717) is 19.4 Å². The minimum Gasteiger partial charge on any atom is -0.481 e. The average Bonchev–Trinajstić information content (AvgIpc) is 3.42. The van der Waals surface area contributed by atoms with Gasteiger partial charge in [-0.2, -0.15) is 0 Å². The van der Waals surface area contributed by atoms with Crippen LogP contribution in [0.4, 0.5) is 4.79 Å². The Morgan fingerprint density at radius 2 is 1.23 bits per heavy atom. The first-order valence-corrected chi connectivity index (χ1v) is 16.2. The van der Waals surface area contributed by atoms with E-state index in [4.69, 9.17) is 4.74 Å². The van der Waals surface area contributed by atoms with Crippen molar-refractivity contribution in [3.63, 3.8) is 0 Å². The van der Waals surface area contributed by atoms with E-state index in [1.807, 2.05) is 60.7 Å². The van der Waals surface area contributed by atoms with Crippen molar-refractivity contribution in [3.8, 4) is 11.1 Å². The van der Waals surface area contributed by atoms with Crippen molar-refractivity contribution in [3.05, 3.63) is 167 Å². The largest absolute Gasteiger partial charge is 0.481 e. The Kier molecular flexibility index (Phi) is 9.79. The maximum absolute atomic E-state index is 13.0. The van der Waals surface area contributed by atoms with Crippen LogP contribution in [-0.4, -0.2) is 36.4 Å². The Balaban J connectivity index is 1.14. The third-order valence-corrected chi connectivity index (χ3v) is 9.10. The van der Waals surface area contributed by atoms with Crippen LogP contribution in [0.1, 0.15) is 58.6 Å². The molecule has 6 heteroatoms. The quantitative estimate of drug-likeness (QED) is 0.0912. The molecule has 0 heterocycles. The molecule has 1 aliphatic rings. The number of ether oxygens (including phenoxy) is 1. The van der Waals surface area contributed by atoms with Crippen LogP contribution in [0.3, 0.4) is 0 Å². The van der Waals surface area contributed by atoms with Crippen LogP contribution >= 0.6 is 0 Å². The summed E-state index contributed by atoms with van der Waals surface area (Å²) in [5.41, 5.74) is 8.44. The molecule has 0 bridgehead atoms. The van der Waals surface area contributed by atoms with E-state index in [0.717, 1.165) is 38.9 Å². The molecule has 0 aliphatic heterocycles. The average molecular weight is 625 g/mol.